The molecule has 0 spiro atoms. The van der Waals surface area contributed by atoms with Crippen LogP contribution in [-0.2, 0) is 23.7 Å². The van der Waals surface area contributed by atoms with E-state index in [-0.39, 0.29) is 11.3 Å². The lowest BCUT2D eigenvalue weighted by atomic mass is 9.92. The monoisotopic (exact) mass is 377 g/mol. The van der Waals surface area contributed by atoms with E-state index in [2.05, 4.69) is 30.4 Å². The predicted molar refractivity (Wildman–Crippen MR) is 105 cm³/mol. The molecule has 26 heavy (non-hydrogen) atoms. The number of ether oxygens (including phenoxy) is 1. The molecule has 0 radical (unpaired) electrons. The van der Waals surface area contributed by atoms with E-state index >= 15 is 0 Å². The van der Waals surface area contributed by atoms with Crippen LogP contribution in [0.5, 0.6) is 0 Å². The third-order valence-corrected chi connectivity index (χ3v) is 4.78. The molecule has 2 rings (SSSR count). The molecule has 0 fully saturated rings. The molecular weight excluding hydrogens is 350 g/mol. The summed E-state index contributed by atoms with van der Waals surface area (Å²) in [6.07, 6.45) is 0. The van der Waals surface area contributed by atoms with Crippen LogP contribution in [0.4, 0.5) is 0 Å². The van der Waals surface area contributed by atoms with Crippen molar-refractivity contribution in [3.63, 3.8) is 0 Å². The molecule has 0 bridgehead atoms. The van der Waals surface area contributed by atoms with Crippen LogP contribution in [0, 0.1) is 6.92 Å². The zero-order chi connectivity index (χ0) is 19.5. The molecule has 0 N–H and O–H groups in total. The molecule has 0 aliphatic carbocycles. The number of nitrogens with zero attached hydrogens (tertiary/aromatic N) is 3. The van der Waals surface area contributed by atoms with E-state index in [0.717, 1.165) is 11.3 Å². The first-order chi connectivity index (χ1) is 12.2. The molecule has 1 aromatic heterocycles. The van der Waals surface area contributed by atoms with Gasteiger partial charge in [0.05, 0.1) is 13.2 Å². The quantitative estimate of drug-likeness (QED) is 0.743. The van der Waals surface area contributed by atoms with Crippen molar-refractivity contribution in [2.75, 3.05) is 13.2 Å². The van der Waals surface area contributed by atoms with Crippen LogP contribution in [0.2, 0.25) is 5.02 Å². The highest BCUT2D eigenvalue weighted by atomic mass is 35.5. The Morgan fingerprint density at radius 1 is 1.31 bits per heavy atom. The summed E-state index contributed by atoms with van der Waals surface area (Å²) in [5, 5.41) is 0.568. The number of hydrogen-bond acceptors (Lipinski definition) is 2. The van der Waals surface area contributed by atoms with Crippen LogP contribution >= 0.6 is 11.6 Å². The van der Waals surface area contributed by atoms with Crippen molar-refractivity contribution in [1.82, 2.24) is 9.36 Å². The molecule has 0 unspecified atom stereocenters. The number of rotatable bonds is 5. The van der Waals surface area contributed by atoms with Crippen LogP contribution < -0.4 is 5.49 Å². The fraction of sp³-hybridized carbons (Fsp3) is 0.500. The fourth-order valence-electron chi connectivity index (χ4n) is 2.93. The average molecular weight is 378 g/mol. The molecular formula is C20H28ClN3O2. The van der Waals surface area contributed by atoms with Gasteiger partial charge in [0, 0.05) is 41.4 Å². The molecule has 142 valence electrons. The van der Waals surface area contributed by atoms with Crippen LogP contribution in [0.3, 0.4) is 0 Å². The van der Waals surface area contributed by atoms with Crippen molar-refractivity contribution in [1.29, 1.82) is 0 Å². The van der Waals surface area contributed by atoms with Crippen molar-refractivity contribution in [3.05, 3.63) is 51.6 Å². The topological polar surface area (TPSA) is 48.5 Å². The maximum atomic E-state index is 12.8. The summed E-state index contributed by atoms with van der Waals surface area (Å²) in [6, 6.07) is 7.28. The summed E-state index contributed by atoms with van der Waals surface area (Å²) >= 11 is 6.15. The van der Waals surface area contributed by atoms with E-state index in [4.69, 9.17) is 16.3 Å². The van der Waals surface area contributed by atoms with Crippen molar-refractivity contribution in [3.8, 4) is 0 Å². The summed E-state index contributed by atoms with van der Waals surface area (Å²) in [6.45, 7) is 12.1. The van der Waals surface area contributed by atoms with Crippen molar-refractivity contribution >= 4 is 17.5 Å². The van der Waals surface area contributed by atoms with Gasteiger partial charge >= 0.3 is 0 Å². The van der Waals surface area contributed by atoms with E-state index in [9.17, 15) is 4.79 Å². The SMILES string of the molecule is CCOCCn1/c(=N/C(=O)c2cccc(Cl)c2C)cc(C(C)(C)C)n1C. The number of hydrogen-bond donors (Lipinski definition) is 0. The Morgan fingerprint density at radius 3 is 2.62 bits per heavy atom. The largest absolute Gasteiger partial charge is 0.380 e. The lowest BCUT2D eigenvalue weighted by Gasteiger charge is -2.20. The molecule has 0 aliphatic heterocycles. The van der Waals surface area contributed by atoms with Crippen molar-refractivity contribution in [2.24, 2.45) is 12.0 Å². The fourth-order valence-corrected chi connectivity index (χ4v) is 3.10. The summed E-state index contributed by atoms with van der Waals surface area (Å²) in [5.74, 6) is -0.291. The normalized spacial score (nSPS) is 12.7. The van der Waals surface area contributed by atoms with Gasteiger partial charge in [0.25, 0.3) is 5.91 Å². The number of amides is 1. The Bertz CT molecular complexity index is 857. The minimum atomic E-state index is -0.291. The van der Waals surface area contributed by atoms with Crippen LogP contribution in [-0.4, -0.2) is 28.5 Å². The van der Waals surface area contributed by atoms with Gasteiger partial charge in [-0.15, -0.1) is 0 Å². The minimum absolute atomic E-state index is 0.0646. The Morgan fingerprint density at radius 2 is 2.00 bits per heavy atom. The molecule has 0 saturated carbocycles. The van der Waals surface area contributed by atoms with Gasteiger partial charge in [0.2, 0.25) is 0 Å². The van der Waals surface area contributed by atoms with E-state index in [0.29, 0.717) is 35.8 Å². The Kier molecular flexibility index (Phi) is 6.48. The second-order valence-electron chi connectivity index (χ2n) is 7.31. The van der Waals surface area contributed by atoms with Gasteiger partial charge in [0.15, 0.2) is 5.49 Å². The zero-order valence-corrected chi connectivity index (χ0v) is 17.2. The molecule has 1 heterocycles. The second-order valence-corrected chi connectivity index (χ2v) is 7.72. The molecule has 6 heteroatoms. The standard InChI is InChI=1S/C20H28ClN3O2/c1-7-26-12-11-24-18(13-17(23(24)6)20(3,4)5)22-19(25)15-9-8-10-16(21)14(15)2/h8-10,13H,7,11-12H2,1-6H3/b22-18+. The first-order valence-corrected chi connectivity index (χ1v) is 9.23. The summed E-state index contributed by atoms with van der Waals surface area (Å²) < 4.78 is 9.52. The van der Waals surface area contributed by atoms with Gasteiger partial charge in [-0.1, -0.05) is 38.4 Å². The number of carbonyl (C=O) groups excluding carboxylic acids is 1. The molecule has 2 aromatic rings. The van der Waals surface area contributed by atoms with Gasteiger partial charge in [-0.05, 0) is 31.5 Å². The summed E-state index contributed by atoms with van der Waals surface area (Å²) in [7, 11) is 1.99. The zero-order valence-electron chi connectivity index (χ0n) is 16.5. The third-order valence-electron chi connectivity index (χ3n) is 4.38. The van der Waals surface area contributed by atoms with Crippen LogP contribution in [0.25, 0.3) is 0 Å². The summed E-state index contributed by atoms with van der Waals surface area (Å²) in [5.41, 5.74) is 2.93. The molecule has 5 nitrogen and oxygen atoms in total. The molecule has 1 aromatic carbocycles. The van der Waals surface area contributed by atoms with Crippen molar-refractivity contribution < 1.29 is 9.53 Å². The Balaban J connectivity index is 2.53. The molecule has 0 aliphatic rings. The van der Waals surface area contributed by atoms with E-state index in [1.807, 2.05) is 31.6 Å². The highest BCUT2D eigenvalue weighted by molar-refractivity contribution is 6.31. The Labute approximate surface area is 160 Å². The first kappa shape index (κ1) is 20.5. The van der Waals surface area contributed by atoms with Gasteiger partial charge in [-0.25, -0.2) is 0 Å². The number of halogens is 1. The van der Waals surface area contributed by atoms with E-state index in [1.54, 1.807) is 18.2 Å². The lowest BCUT2D eigenvalue weighted by molar-refractivity contribution is 0.0994. The molecule has 0 atom stereocenters. The third kappa shape index (κ3) is 4.46. The van der Waals surface area contributed by atoms with Crippen LogP contribution in [0.15, 0.2) is 29.3 Å². The smallest absolute Gasteiger partial charge is 0.279 e. The second kappa shape index (κ2) is 8.23. The van der Waals surface area contributed by atoms with E-state index < -0.39 is 0 Å². The number of aromatic nitrogens is 2. The highest BCUT2D eigenvalue weighted by Gasteiger charge is 2.20. The maximum Gasteiger partial charge on any atom is 0.279 e. The highest BCUT2D eigenvalue weighted by Crippen LogP contribution is 2.21. The Hall–Kier alpha value is -1.85. The summed E-state index contributed by atoms with van der Waals surface area (Å²) in [4.78, 5) is 17.2. The lowest BCUT2D eigenvalue weighted by Crippen LogP contribution is -2.27. The predicted octanol–water partition coefficient (Wildman–Crippen LogP) is 3.86. The average Bonchev–Trinajstić information content (AvgIpc) is 2.87. The number of benzene rings is 1. The van der Waals surface area contributed by atoms with Gasteiger partial charge < -0.3 is 4.74 Å². The van der Waals surface area contributed by atoms with Crippen LogP contribution in [0.1, 0.15) is 49.3 Å². The van der Waals surface area contributed by atoms with Gasteiger partial charge in [-0.2, -0.15) is 4.99 Å². The minimum Gasteiger partial charge on any atom is -0.380 e. The maximum absolute atomic E-state index is 12.8. The molecule has 0 saturated heterocycles. The first-order valence-electron chi connectivity index (χ1n) is 8.86. The molecule has 1 amide bonds. The van der Waals surface area contributed by atoms with Gasteiger partial charge in [-0.3, -0.25) is 14.2 Å². The van der Waals surface area contributed by atoms with Crippen molar-refractivity contribution in [2.45, 2.75) is 46.6 Å². The number of carbonyl (C=O) groups is 1. The van der Waals surface area contributed by atoms with E-state index in [1.165, 1.54) is 0 Å². The van der Waals surface area contributed by atoms with Gasteiger partial charge in [0.1, 0.15) is 0 Å².